The molecule has 5 heteroatoms. The predicted molar refractivity (Wildman–Crippen MR) is 71.6 cm³/mol. The first kappa shape index (κ1) is 14.1. The summed E-state index contributed by atoms with van der Waals surface area (Å²) in [6, 6.07) is 11.9. The molecule has 1 nitrogen and oxygen atoms in total. The van der Waals surface area contributed by atoms with E-state index in [1.165, 1.54) is 12.1 Å². The number of halogens is 4. The third-order valence-electron chi connectivity index (χ3n) is 2.80. The van der Waals surface area contributed by atoms with Crippen molar-refractivity contribution in [3.63, 3.8) is 0 Å². The Morgan fingerprint density at radius 1 is 0.947 bits per heavy atom. The van der Waals surface area contributed by atoms with Crippen molar-refractivity contribution in [1.29, 1.82) is 0 Å². The van der Waals surface area contributed by atoms with Gasteiger partial charge < -0.3 is 5.73 Å². The Kier molecular flexibility index (Phi) is 3.96. The van der Waals surface area contributed by atoms with Crippen LogP contribution in [0.25, 0.3) is 0 Å². The average molecular weight is 330 g/mol. The van der Waals surface area contributed by atoms with Crippen LogP contribution in [-0.2, 0) is 6.18 Å². The van der Waals surface area contributed by atoms with Crippen LogP contribution in [0.2, 0.25) is 0 Å². The summed E-state index contributed by atoms with van der Waals surface area (Å²) in [5.41, 5.74) is 6.86. The van der Waals surface area contributed by atoms with Crippen LogP contribution in [-0.4, -0.2) is 0 Å². The van der Waals surface area contributed by atoms with Gasteiger partial charge in [0.05, 0.1) is 11.6 Å². The molecule has 0 saturated heterocycles. The van der Waals surface area contributed by atoms with Gasteiger partial charge in [0.2, 0.25) is 0 Å². The van der Waals surface area contributed by atoms with Gasteiger partial charge in [0, 0.05) is 4.47 Å². The van der Waals surface area contributed by atoms with Gasteiger partial charge in [0.1, 0.15) is 0 Å². The van der Waals surface area contributed by atoms with Crippen molar-refractivity contribution < 1.29 is 13.2 Å². The Hall–Kier alpha value is -1.33. The van der Waals surface area contributed by atoms with Crippen molar-refractivity contribution in [2.75, 3.05) is 0 Å². The topological polar surface area (TPSA) is 26.0 Å². The average Bonchev–Trinajstić information content (AvgIpc) is 2.37. The van der Waals surface area contributed by atoms with E-state index in [9.17, 15) is 13.2 Å². The van der Waals surface area contributed by atoms with Gasteiger partial charge >= 0.3 is 6.18 Å². The van der Waals surface area contributed by atoms with Crippen LogP contribution < -0.4 is 5.73 Å². The van der Waals surface area contributed by atoms with Crippen LogP contribution in [0.1, 0.15) is 22.7 Å². The molecule has 0 fully saturated rings. The maximum absolute atomic E-state index is 12.5. The lowest BCUT2D eigenvalue weighted by molar-refractivity contribution is -0.137. The van der Waals surface area contributed by atoms with Crippen molar-refractivity contribution in [2.24, 2.45) is 5.73 Å². The van der Waals surface area contributed by atoms with Crippen molar-refractivity contribution >= 4 is 15.9 Å². The molecule has 2 rings (SSSR count). The van der Waals surface area contributed by atoms with E-state index in [0.29, 0.717) is 5.56 Å². The Bertz CT molecular complexity index is 564. The van der Waals surface area contributed by atoms with Crippen LogP contribution >= 0.6 is 15.9 Å². The van der Waals surface area contributed by atoms with E-state index in [4.69, 9.17) is 5.73 Å². The Labute approximate surface area is 117 Å². The van der Waals surface area contributed by atoms with Gasteiger partial charge in [0.15, 0.2) is 0 Å². The van der Waals surface area contributed by atoms with Gasteiger partial charge in [0.25, 0.3) is 0 Å². The van der Waals surface area contributed by atoms with Crippen LogP contribution in [0.4, 0.5) is 13.2 Å². The van der Waals surface area contributed by atoms with E-state index in [1.807, 2.05) is 24.3 Å². The molecule has 100 valence electrons. The van der Waals surface area contributed by atoms with Gasteiger partial charge in [-0.05, 0) is 35.4 Å². The van der Waals surface area contributed by atoms with Crippen LogP contribution in [0.5, 0.6) is 0 Å². The smallest absolute Gasteiger partial charge is 0.320 e. The minimum atomic E-state index is -4.32. The monoisotopic (exact) mass is 329 g/mol. The first-order valence-electron chi connectivity index (χ1n) is 5.56. The first-order chi connectivity index (χ1) is 8.88. The summed E-state index contributed by atoms with van der Waals surface area (Å²) in [4.78, 5) is 0. The fourth-order valence-electron chi connectivity index (χ4n) is 1.77. The van der Waals surface area contributed by atoms with Crippen LogP contribution in [0.15, 0.2) is 53.0 Å². The second kappa shape index (κ2) is 5.35. The molecule has 2 aromatic carbocycles. The van der Waals surface area contributed by atoms with Crippen molar-refractivity contribution in [1.82, 2.24) is 0 Å². The molecule has 1 atom stereocenters. The second-order valence-corrected chi connectivity index (χ2v) is 5.07. The highest BCUT2D eigenvalue weighted by molar-refractivity contribution is 9.10. The molecule has 0 saturated carbocycles. The van der Waals surface area contributed by atoms with E-state index in [1.54, 1.807) is 0 Å². The third kappa shape index (κ3) is 3.36. The van der Waals surface area contributed by atoms with E-state index in [0.717, 1.165) is 22.2 Å². The normalized spacial score (nSPS) is 13.3. The number of rotatable bonds is 2. The van der Waals surface area contributed by atoms with Gasteiger partial charge in [-0.25, -0.2) is 0 Å². The summed E-state index contributed by atoms with van der Waals surface area (Å²) < 4.78 is 38.3. The van der Waals surface area contributed by atoms with Gasteiger partial charge in [-0.3, -0.25) is 0 Å². The molecule has 0 aromatic heterocycles. The molecule has 19 heavy (non-hydrogen) atoms. The highest BCUT2D eigenvalue weighted by atomic mass is 79.9. The lowest BCUT2D eigenvalue weighted by atomic mass is 9.98. The summed E-state index contributed by atoms with van der Waals surface area (Å²) in [5, 5.41) is 0. The summed E-state index contributed by atoms with van der Waals surface area (Å²) >= 11 is 3.34. The Morgan fingerprint density at radius 3 is 2.11 bits per heavy atom. The number of nitrogens with two attached hydrogens (primary N) is 1. The lowest BCUT2D eigenvalue weighted by Gasteiger charge is -2.14. The zero-order chi connectivity index (χ0) is 14.0. The highest BCUT2D eigenvalue weighted by Gasteiger charge is 2.30. The van der Waals surface area contributed by atoms with Crippen molar-refractivity contribution in [3.05, 3.63) is 69.7 Å². The molecule has 0 heterocycles. The van der Waals surface area contributed by atoms with Gasteiger partial charge in [-0.1, -0.05) is 40.2 Å². The number of alkyl halides is 3. The second-order valence-electron chi connectivity index (χ2n) is 4.15. The standard InChI is InChI=1S/C14H11BrF3N/c15-12-3-1-2-10(8-12)13(19)9-4-6-11(7-5-9)14(16,17)18/h1-8,13H,19H2. The molecule has 2 aromatic rings. The van der Waals surface area contributed by atoms with E-state index >= 15 is 0 Å². The summed E-state index contributed by atoms with van der Waals surface area (Å²) in [7, 11) is 0. The lowest BCUT2D eigenvalue weighted by Crippen LogP contribution is -2.12. The van der Waals surface area contributed by atoms with E-state index in [2.05, 4.69) is 15.9 Å². The number of hydrogen-bond acceptors (Lipinski definition) is 1. The largest absolute Gasteiger partial charge is 0.416 e. The van der Waals surface area contributed by atoms with Crippen LogP contribution in [0, 0.1) is 0 Å². The fraction of sp³-hybridized carbons (Fsp3) is 0.143. The molecule has 0 spiro atoms. The zero-order valence-corrected chi connectivity index (χ0v) is 11.4. The SMILES string of the molecule is NC(c1ccc(C(F)(F)F)cc1)c1cccc(Br)c1. The Morgan fingerprint density at radius 2 is 1.58 bits per heavy atom. The minimum Gasteiger partial charge on any atom is -0.320 e. The fourth-order valence-corrected chi connectivity index (χ4v) is 2.19. The molecule has 0 bridgehead atoms. The van der Waals surface area contributed by atoms with Crippen LogP contribution in [0.3, 0.4) is 0 Å². The molecular weight excluding hydrogens is 319 g/mol. The van der Waals surface area contributed by atoms with Crippen molar-refractivity contribution in [3.8, 4) is 0 Å². The number of benzene rings is 2. The van der Waals surface area contributed by atoms with Gasteiger partial charge in [-0.15, -0.1) is 0 Å². The minimum absolute atomic E-state index is 0.445. The van der Waals surface area contributed by atoms with Crippen molar-refractivity contribution in [2.45, 2.75) is 12.2 Å². The predicted octanol–water partition coefficient (Wildman–Crippen LogP) is 4.52. The zero-order valence-electron chi connectivity index (χ0n) is 9.79. The third-order valence-corrected chi connectivity index (χ3v) is 3.30. The molecule has 0 aliphatic carbocycles. The number of hydrogen-bond donors (Lipinski definition) is 1. The molecule has 0 amide bonds. The summed E-state index contributed by atoms with van der Waals surface area (Å²) in [6.07, 6.45) is -4.32. The maximum atomic E-state index is 12.5. The molecule has 2 N–H and O–H groups in total. The molecule has 0 aliphatic heterocycles. The van der Waals surface area contributed by atoms with E-state index in [-0.39, 0.29) is 0 Å². The first-order valence-corrected chi connectivity index (χ1v) is 6.35. The maximum Gasteiger partial charge on any atom is 0.416 e. The molecule has 1 unspecified atom stereocenters. The summed E-state index contributed by atoms with van der Waals surface area (Å²) in [5.74, 6) is 0. The molecule has 0 aliphatic rings. The van der Waals surface area contributed by atoms with Gasteiger partial charge in [-0.2, -0.15) is 13.2 Å². The molecular formula is C14H11BrF3N. The quantitative estimate of drug-likeness (QED) is 0.861. The molecule has 0 radical (unpaired) electrons. The highest BCUT2D eigenvalue weighted by Crippen LogP contribution is 2.30. The summed E-state index contributed by atoms with van der Waals surface area (Å²) in [6.45, 7) is 0. The van der Waals surface area contributed by atoms with E-state index < -0.39 is 17.8 Å². The Balaban J connectivity index is 2.27.